The zero-order valence-corrected chi connectivity index (χ0v) is 9.25. The van der Waals surface area contributed by atoms with Crippen LogP contribution in [0.3, 0.4) is 0 Å². The third kappa shape index (κ3) is 1.62. The molecule has 2 N–H and O–H groups in total. The highest BCUT2D eigenvalue weighted by Gasteiger charge is 2.39. The average Bonchev–Trinajstić information content (AvgIpc) is 2.28. The largest absolute Gasteiger partial charge is 0.351 e. The van der Waals surface area contributed by atoms with Crippen LogP contribution in [0.25, 0.3) is 0 Å². The fraction of sp³-hybridized carbons (Fsp3) is 0.500. The molecule has 1 heterocycles. The summed E-state index contributed by atoms with van der Waals surface area (Å²) in [7, 11) is 2.18. The van der Waals surface area contributed by atoms with Crippen molar-refractivity contribution in [2.45, 2.75) is 6.23 Å². The fourth-order valence-electron chi connectivity index (χ4n) is 0.894. The molecule has 1 saturated heterocycles. The van der Waals surface area contributed by atoms with Gasteiger partial charge < -0.3 is 10.4 Å². The van der Waals surface area contributed by atoms with Crippen molar-refractivity contribution in [3.63, 3.8) is 0 Å². The van der Waals surface area contributed by atoms with Crippen LogP contribution in [0.1, 0.15) is 0 Å². The van der Waals surface area contributed by atoms with Gasteiger partial charge in [-0.3, -0.25) is 3.07 Å². The van der Waals surface area contributed by atoms with Crippen molar-refractivity contribution in [2.75, 3.05) is 6.54 Å². The molecule has 1 aliphatic heterocycles. The molecule has 0 aromatic heterocycles. The maximum atomic E-state index is 11.2. The van der Waals surface area contributed by atoms with E-state index >= 15 is 0 Å². The normalized spacial score (nSPS) is 23.5. The molecule has 4 amide bonds. The number of primary amides is 1. The lowest BCUT2D eigenvalue weighted by Crippen LogP contribution is -2.43. The Morgan fingerprint density at radius 1 is 1.83 bits per heavy atom. The second-order valence-corrected chi connectivity index (χ2v) is 3.32. The van der Waals surface area contributed by atoms with Gasteiger partial charge in [0.2, 0.25) is 0 Å². The molecule has 12 heavy (non-hydrogen) atoms. The zero-order chi connectivity index (χ0) is 9.30. The summed E-state index contributed by atoms with van der Waals surface area (Å²) in [5.41, 5.74) is 4.96. The lowest BCUT2D eigenvalue weighted by atomic mass is 10.5. The lowest BCUT2D eigenvalue weighted by molar-refractivity contribution is 0.140. The van der Waals surface area contributed by atoms with E-state index in [4.69, 9.17) is 8.80 Å². The predicted octanol–water partition coefficient (Wildman–Crippen LogP) is 0.286. The van der Waals surface area contributed by atoms with Crippen LogP contribution in [0.15, 0.2) is 0 Å². The standard InChI is InChI=1S/C4H7IN3O3P/c5-11-2-1-7(12)4(10)8(2)3(6)9/h2H,1,12H2,(H2,6,9). The van der Waals surface area contributed by atoms with Crippen molar-refractivity contribution in [3.05, 3.63) is 0 Å². The Hall–Kier alpha value is -0.140. The molecule has 1 rings (SSSR count). The van der Waals surface area contributed by atoms with Crippen molar-refractivity contribution < 1.29 is 12.7 Å². The second-order valence-electron chi connectivity index (χ2n) is 2.19. The van der Waals surface area contributed by atoms with E-state index in [1.165, 1.54) is 4.67 Å². The first-order valence-corrected chi connectivity index (χ1v) is 4.40. The van der Waals surface area contributed by atoms with Crippen LogP contribution in [0.4, 0.5) is 9.59 Å². The molecule has 2 unspecified atom stereocenters. The van der Waals surface area contributed by atoms with Gasteiger partial charge in [-0.1, -0.05) is 0 Å². The van der Waals surface area contributed by atoms with Gasteiger partial charge in [0.25, 0.3) is 0 Å². The smallest absolute Gasteiger partial charge is 0.333 e. The average molecular weight is 303 g/mol. The quantitative estimate of drug-likeness (QED) is 0.558. The Morgan fingerprint density at radius 2 is 2.42 bits per heavy atom. The van der Waals surface area contributed by atoms with Gasteiger partial charge in [-0.05, 0) is 9.39 Å². The first-order valence-electron chi connectivity index (χ1n) is 3.00. The summed E-state index contributed by atoms with van der Waals surface area (Å²) in [4.78, 5) is 22.8. The third-order valence-corrected chi connectivity index (χ3v) is 2.45. The molecule has 0 aromatic carbocycles. The molecule has 0 bridgehead atoms. The summed E-state index contributed by atoms with van der Waals surface area (Å²) in [6.45, 7) is 0.315. The Labute approximate surface area is 85.3 Å². The monoisotopic (exact) mass is 303 g/mol. The van der Waals surface area contributed by atoms with Crippen molar-refractivity contribution in [3.8, 4) is 0 Å². The molecule has 8 heteroatoms. The minimum atomic E-state index is -0.799. The first kappa shape index (κ1) is 9.94. The Morgan fingerprint density at radius 3 is 2.75 bits per heavy atom. The van der Waals surface area contributed by atoms with Crippen LogP contribution in [0, 0.1) is 0 Å². The second kappa shape index (κ2) is 3.71. The Balaban J connectivity index is 2.80. The van der Waals surface area contributed by atoms with Crippen LogP contribution in [0.2, 0.25) is 0 Å². The van der Waals surface area contributed by atoms with Gasteiger partial charge in [0, 0.05) is 0 Å². The van der Waals surface area contributed by atoms with Gasteiger partial charge >= 0.3 is 12.1 Å². The number of rotatable bonds is 1. The number of carbonyl (C=O) groups excluding carboxylic acids is 2. The number of urea groups is 2. The zero-order valence-electron chi connectivity index (χ0n) is 5.94. The molecule has 1 aliphatic rings. The number of imide groups is 1. The molecule has 2 atom stereocenters. The van der Waals surface area contributed by atoms with E-state index in [0.717, 1.165) is 4.90 Å². The molecular formula is C4H7IN3O3P. The van der Waals surface area contributed by atoms with E-state index in [1.807, 2.05) is 0 Å². The summed E-state index contributed by atoms with van der Waals surface area (Å²) < 4.78 is 6.13. The minimum Gasteiger partial charge on any atom is -0.351 e. The fourth-order valence-corrected chi connectivity index (χ4v) is 1.59. The van der Waals surface area contributed by atoms with E-state index in [1.54, 1.807) is 23.0 Å². The highest BCUT2D eigenvalue weighted by molar-refractivity contribution is 14.1. The van der Waals surface area contributed by atoms with Crippen LogP contribution in [0.5, 0.6) is 0 Å². The maximum absolute atomic E-state index is 11.2. The van der Waals surface area contributed by atoms with Gasteiger partial charge in [0.05, 0.1) is 6.54 Å². The number of halogens is 1. The third-order valence-electron chi connectivity index (χ3n) is 1.43. The predicted molar refractivity (Wildman–Crippen MR) is 52.1 cm³/mol. The van der Waals surface area contributed by atoms with Gasteiger partial charge in [0.1, 0.15) is 23.0 Å². The SMILES string of the molecule is NC(=O)N1C(=O)N(P)CC1OI. The van der Waals surface area contributed by atoms with Crippen LogP contribution < -0.4 is 5.73 Å². The van der Waals surface area contributed by atoms with Gasteiger partial charge in [0.15, 0.2) is 6.23 Å². The van der Waals surface area contributed by atoms with Crippen LogP contribution in [-0.2, 0) is 3.07 Å². The topological polar surface area (TPSA) is 75.9 Å². The molecule has 6 nitrogen and oxygen atoms in total. The van der Waals surface area contributed by atoms with E-state index in [9.17, 15) is 9.59 Å². The molecule has 0 saturated carbocycles. The molecule has 1 fully saturated rings. The van der Waals surface area contributed by atoms with Gasteiger partial charge in [-0.2, -0.15) is 0 Å². The number of nitrogens with zero attached hydrogens (tertiary/aromatic N) is 2. The van der Waals surface area contributed by atoms with E-state index < -0.39 is 18.3 Å². The summed E-state index contributed by atoms with van der Waals surface area (Å²) >= 11 is 1.62. The Bertz CT molecular complexity index is 226. The summed E-state index contributed by atoms with van der Waals surface area (Å²) in [5, 5.41) is 0. The molecule has 0 aliphatic carbocycles. The molecule has 68 valence electrons. The molecule has 0 radical (unpaired) electrons. The van der Waals surface area contributed by atoms with Crippen LogP contribution in [-0.4, -0.2) is 34.4 Å². The first-order chi connectivity index (χ1) is 5.57. The van der Waals surface area contributed by atoms with Crippen molar-refractivity contribution in [1.82, 2.24) is 9.57 Å². The van der Waals surface area contributed by atoms with Crippen LogP contribution >= 0.6 is 32.4 Å². The Kier molecular flexibility index (Phi) is 3.08. The highest BCUT2D eigenvalue weighted by Crippen LogP contribution is 2.21. The summed E-state index contributed by atoms with van der Waals surface area (Å²) in [6, 6.07) is -1.26. The summed E-state index contributed by atoms with van der Waals surface area (Å²) in [6.07, 6.45) is -0.590. The number of nitrogens with two attached hydrogens (primary N) is 1. The summed E-state index contributed by atoms with van der Waals surface area (Å²) in [5.74, 6) is 0. The number of hydrogen-bond donors (Lipinski definition) is 1. The number of carbonyl (C=O) groups is 2. The van der Waals surface area contributed by atoms with Crippen molar-refractivity contribution >= 4 is 44.5 Å². The van der Waals surface area contributed by atoms with Crippen molar-refractivity contribution in [2.24, 2.45) is 5.73 Å². The van der Waals surface area contributed by atoms with E-state index in [2.05, 4.69) is 9.39 Å². The molecular weight excluding hydrogens is 296 g/mol. The molecule has 0 aromatic rings. The minimum absolute atomic E-state index is 0.315. The van der Waals surface area contributed by atoms with Crippen molar-refractivity contribution in [1.29, 1.82) is 0 Å². The lowest BCUT2D eigenvalue weighted by Gasteiger charge is -2.15. The van der Waals surface area contributed by atoms with Gasteiger partial charge in [-0.25, -0.2) is 14.5 Å². The van der Waals surface area contributed by atoms with E-state index in [-0.39, 0.29) is 0 Å². The maximum Gasteiger partial charge on any atom is 0.333 e. The van der Waals surface area contributed by atoms with Gasteiger partial charge in [-0.15, -0.1) is 0 Å². The molecule has 0 spiro atoms. The number of amides is 4. The number of hydrogen-bond acceptors (Lipinski definition) is 3. The van der Waals surface area contributed by atoms with E-state index in [0.29, 0.717) is 6.54 Å². The highest BCUT2D eigenvalue weighted by atomic mass is 127.